The number of rotatable bonds is 4. The van der Waals surface area contributed by atoms with Crippen LogP contribution in [0.2, 0.25) is 0 Å². The number of hydrogen-bond donors (Lipinski definition) is 1. The minimum absolute atomic E-state index is 0.256. The molecule has 1 amide bonds. The zero-order valence-electron chi connectivity index (χ0n) is 17.4. The molecule has 1 aromatic rings. The summed E-state index contributed by atoms with van der Waals surface area (Å²) in [7, 11) is 0. The van der Waals surface area contributed by atoms with Crippen molar-refractivity contribution in [3.63, 3.8) is 0 Å². The molecule has 1 aliphatic carbocycles. The van der Waals surface area contributed by atoms with E-state index >= 15 is 0 Å². The van der Waals surface area contributed by atoms with Gasteiger partial charge in [0.1, 0.15) is 5.60 Å². The van der Waals surface area contributed by atoms with Crippen LogP contribution in [0.15, 0.2) is 4.99 Å². The van der Waals surface area contributed by atoms with Crippen molar-refractivity contribution < 1.29 is 9.53 Å². The fraction of sp³-hybridized carbons (Fsp3) is 0.750. The third kappa shape index (κ3) is 5.83. The number of thiazole rings is 1. The van der Waals surface area contributed by atoms with E-state index in [9.17, 15) is 4.79 Å². The summed E-state index contributed by atoms with van der Waals surface area (Å²) in [6.45, 7) is 8.95. The second-order valence-corrected chi connectivity index (χ2v) is 9.65. The highest BCUT2D eigenvalue weighted by Crippen LogP contribution is 2.27. The molecule has 1 aliphatic heterocycles. The SMILES string of the molecule is CC(C)(C)OC(=O)N1CCN(C(N)=NCCCc2nc3c(s2)CCCC3)CC1. The average Bonchev–Trinajstić information content (AvgIpc) is 3.06. The van der Waals surface area contributed by atoms with Gasteiger partial charge in [-0.1, -0.05) is 0 Å². The molecule has 0 saturated carbocycles. The van der Waals surface area contributed by atoms with Crippen molar-refractivity contribution in [2.45, 2.75) is 64.9 Å². The molecule has 0 bridgehead atoms. The van der Waals surface area contributed by atoms with E-state index in [1.54, 1.807) is 4.90 Å². The Hall–Kier alpha value is -1.83. The van der Waals surface area contributed by atoms with E-state index in [1.165, 1.54) is 34.8 Å². The van der Waals surface area contributed by atoms with Gasteiger partial charge in [-0.2, -0.15) is 0 Å². The molecule has 0 unspecified atom stereocenters. The largest absolute Gasteiger partial charge is 0.444 e. The number of hydrogen-bond acceptors (Lipinski definition) is 5. The van der Waals surface area contributed by atoms with Crippen LogP contribution < -0.4 is 5.73 Å². The summed E-state index contributed by atoms with van der Waals surface area (Å²) in [5.41, 5.74) is 7.02. The molecule has 28 heavy (non-hydrogen) atoms. The molecule has 156 valence electrons. The Bertz CT molecular complexity index is 678. The van der Waals surface area contributed by atoms with Crippen LogP contribution in [0.3, 0.4) is 0 Å². The van der Waals surface area contributed by atoms with E-state index in [0.717, 1.165) is 19.3 Å². The molecule has 0 atom stereocenters. The highest BCUT2D eigenvalue weighted by atomic mass is 32.1. The first-order valence-electron chi connectivity index (χ1n) is 10.3. The van der Waals surface area contributed by atoms with Crippen molar-refractivity contribution in [1.82, 2.24) is 14.8 Å². The van der Waals surface area contributed by atoms with Crippen molar-refractivity contribution in [3.8, 4) is 0 Å². The summed E-state index contributed by atoms with van der Waals surface area (Å²) in [5.74, 6) is 0.572. The predicted octanol–water partition coefficient (Wildman–Crippen LogP) is 2.82. The number of aliphatic imine (C=N–C) groups is 1. The lowest BCUT2D eigenvalue weighted by Crippen LogP contribution is -2.53. The molecule has 2 heterocycles. The number of amides is 1. The van der Waals surface area contributed by atoms with Crippen LogP contribution in [0.1, 0.15) is 55.6 Å². The zero-order valence-corrected chi connectivity index (χ0v) is 18.2. The second-order valence-electron chi connectivity index (χ2n) is 8.48. The van der Waals surface area contributed by atoms with E-state index in [1.807, 2.05) is 37.0 Å². The number of piperazine rings is 1. The molecule has 0 radical (unpaired) electrons. The Balaban J connectivity index is 1.39. The normalized spacial score (nSPS) is 18.2. The fourth-order valence-corrected chi connectivity index (χ4v) is 4.68. The number of nitrogens with zero attached hydrogens (tertiary/aromatic N) is 4. The molecule has 3 rings (SSSR count). The van der Waals surface area contributed by atoms with Crippen LogP contribution in [0.5, 0.6) is 0 Å². The van der Waals surface area contributed by atoms with Crippen LogP contribution in [0.4, 0.5) is 4.79 Å². The summed E-state index contributed by atoms with van der Waals surface area (Å²) in [6, 6.07) is 0. The highest BCUT2D eigenvalue weighted by Gasteiger charge is 2.26. The maximum atomic E-state index is 12.1. The summed E-state index contributed by atoms with van der Waals surface area (Å²) < 4.78 is 5.43. The van der Waals surface area contributed by atoms with Gasteiger partial charge in [-0.15, -0.1) is 11.3 Å². The molecule has 7 nitrogen and oxygen atoms in total. The smallest absolute Gasteiger partial charge is 0.410 e. The van der Waals surface area contributed by atoms with Gasteiger partial charge in [0.25, 0.3) is 0 Å². The average molecular weight is 408 g/mol. The first-order chi connectivity index (χ1) is 13.3. The third-order valence-corrected chi connectivity index (χ3v) is 6.19. The molecule has 1 aromatic heterocycles. The summed E-state index contributed by atoms with van der Waals surface area (Å²) in [6.07, 6.45) is 6.61. The van der Waals surface area contributed by atoms with Gasteiger partial charge in [-0.25, -0.2) is 9.78 Å². The zero-order chi connectivity index (χ0) is 20.1. The van der Waals surface area contributed by atoms with E-state index in [0.29, 0.717) is 38.7 Å². The lowest BCUT2D eigenvalue weighted by Gasteiger charge is -2.36. The van der Waals surface area contributed by atoms with E-state index in [2.05, 4.69) is 4.99 Å². The molecular formula is C20H33N5O2S. The molecular weight excluding hydrogens is 374 g/mol. The van der Waals surface area contributed by atoms with Crippen molar-refractivity contribution in [2.24, 2.45) is 10.7 Å². The number of carbonyl (C=O) groups is 1. The number of ether oxygens (including phenoxy) is 1. The quantitative estimate of drug-likeness (QED) is 0.471. The number of carbonyl (C=O) groups excluding carboxylic acids is 1. The number of aryl methyl sites for hydroxylation is 3. The Morgan fingerprint density at radius 1 is 1.18 bits per heavy atom. The van der Waals surface area contributed by atoms with E-state index in [-0.39, 0.29) is 6.09 Å². The molecule has 0 aromatic carbocycles. The van der Waals surface area contributed by atoms with Crippen LogP contribution in [-0.2, 0) is 24.0 Å². The number of guanidine groups is 1. The molecule has 0 spiro atoms. The predicted molar refractivity (Wildman–Crippen MR) is 113 cm³/mol. The van der Waals surface area contributed by atoms with E-state index in [4.69, 9.17) is 15.5 Å². The van der Waals surface area contributed by atoms with Gasteiger partial charge in [-0.3, -0.25) is 4.99 Å². The Morgan fingerprint density at radius 2 is 1.86 bits per heavy atom. The maximum absolute atomic E-state index is 12.1. The topological polar surface area (TPSA) is 84.0 Å². The minimum atomic E-state index is -0.467. The summed E-state index contributed by atoms with van der Waals surface area (Å²) in [5, 5.41) is 1.24. The van der Waals surface area contributed by atoms with Gasteiger partial charge in [0.2, 0.25) is 0 Å². The number of fused-ring (bicyclic) bond motifs is 1. The molecule has 1 saturated heterocycles. The highest BCUT2D eigenvalue weighted by molar-refractivity contribution is 7.11. The van der Waals surface area contributed by atoms with Crippen LogP contribution in [-0.4, -0.2) is 65.2 Å². The van der Waals surface area contributed by atoms with Crippen molar-refractivity contribution in [3.05, 3.63) is 15.6 Å². The molecule has 2 aliphatic rings. The standard InChI is InChI=1S/C20H33N5O2S/c1-20(2,3)27-19(26)25-13-11-24(12-14-25)18(21)22-10-6-9-17-23-15-7-4-5-8-16(15)28-17/h4-14H2,1-3H3,(H2,21,22). The van der Waals surface area contributed by atoms with Gasteiger partial charge in [-0.05, 0) is 52.9 Å². The summed E-state index contributed by atoms with van der Waals surface area (Å²) in [4.78, 5) is 26.7. The van der Waals surface area contributed by atoms with Crippen LogP contribution >= 0.6 is 11.3 Å². The Morgan fingerprint density at radius 3 is 2.54 bits per heavy atom. The fourth-order valence-electron chi connectivity index (χ4n) is 3.48. The molecule has 8 heteroatoms. The second kappa shape index (κ2) is 9.11. The van der Waals surface area contributed by atoms with Gasteiger partial charge < -0.3 is 20.3 Å². The Kier molecular flexibility index (Phi) is 6.80. The van der Waals surface area contributed by atoms with E-state index < -0.39 is 5.60 Å². The maximum Gasteiger partial charge on any atom is 0.410 e. The minimum Gasteiger partial charge on any atom is -0.444 e. The van der Waals surface area contributed by atoms with Crippen molar-refractivity contribution in [2.75, 3.05) is 32.7 Å². The molecule has 2 N–H and O–H groups in total. The number of aromatic nitrogens is 1. The first kappa shape index (κ1) is 20.9. The van der Waals surface area contributed by atoms with Gasteiger partial charge in [0.15, 0.2) is 5.96 Å². The Labute approximate surface area is 172 Å². The summed E-state index contributed by atoms with van der Waals surface area (Å²) >= 11 is 1.88. The van der Waals surface area contributed by atoms with Crippen LogP contribution in [0.25, 0.3) is 0 Å². The monoisotopic (exact) mass is 407 g/mol. The van der Waals surface area contributed by atoms with Crippen molar-refractivity contribution >= 4 is 23.4 Å². The van der Waals surface area contributed by atoms with Gasteiger partial charge >= 0.3 is 6.09 Å². The van der Waals surface area contributed by atoms with Gasteiger partial charge in [0, 0.05) is 44.0 Å². The lowest BCUT2D eigenvalue weighted by molar-refractivity contribution is 0.0186. The van der Waals surface area contributed by atoms with Crippen molar-refractivity contribution in [1.29, 1.82) is 0 Å². The third-order valence-electron chi connectivity index (χ3n) is 4.97. The van der Waals surface area contributed by atoms with Gasteiger partial charge in [0.05, 0.1) is 10.7 Å². The number of nitrogens with two attached hydrogens (primary N) is 1. The lowest BCUT2D eigenvalue weighted by atomic mass is 10.0. The van der Waals surface area contributed by atoms with Crippen LogP contribution in [0, 0.1) is 0 Å². The molecule has 1 fully saturated rings. The first-order valence-corrected chi connectivity index (χ1v) is 11.1.